The molecule has 0 amide bonds. The Labute approximate surface area is 83.0 Å². The third-order valence-electron chi connectivity index (χ3n) is 1.53. The average Bonchev–Trinajstić information content (AvgIpc) is 2.01. The van der Waals surface area contributed by atoms with Gasteiger partial charge in [-0.1, -0.05) is 12.2 Å². The van der Waals surface area contributed by atoms with Crippen LogP contribution in [0.1, 0.15) is 20.3 Å². The van der Waals surface area contributed by atoms with Gasteiger partial charge in [0, 0.05) is 17.7 Å². The molecule has 0 atom stereocenters. The van der Waals surface area contributed by atoms with E-state index in [0.717, 1.165) is 0 Å². The number of nitrogens with two attached hydrogens (primary N) is 1. The molecular weight excluding hydrogens is 188 g/mol. The summed E-state index contributed by atoms with van der Waals surface area (Å²) in [5, 5.41) is 7.52. The van der Waals surface area contributed by atoms with Crippen LogP contribution in [0.4, 0.5) is 0 Å². The molecule has 13 heavy (non-hydrogen) atoms. The Hall–Kier alpha value is -0.810. The van der Waals surface area contributed by atoms with E-state index in [0.29, 0.717) is 0 Å². The number of ether oxygens (including phenoxy) is 1. The van der Waals surface area contributed by atoms with E-state index in [9.17, 15) is 4.79 Å². The molecule has 0 aromatic rings. The highest BCUT2D eigenvalue weighted by Crippen LogP contribution is 2.04. The van der Waals surface area contributed by atoms with E-state index in [1.807, 2.05) is 0 Å². The molecule has 0 heterocycles. The van der Waals surface area contributed by atoms with Crippen molar-refractivity contribution in [1.29, 1.82) is 5.41 Å². The number of hydrogen-bond donors (Lipinski definition) is 2. The second kappa shape index (κ2) is 4.43. The zero-order chi connectivity index (χ0) is 10.6. The normalized spacial score (nSPS) is 10.8. The lowest BCUT2D eigenvalue weighted by Gasteiger charge is -2.19. The van der Waals surface area contributed by atoms with Crippen molar-refractivity contribution in [2.24, 2.45) is 5.73 Å². The van der Waals surface area contributed by atoms with Crippen molar-refractivity contribution < 1.29 is 9.53 Å². The molecule has 0 radical (unpaired) electrons. The summed E-state index contributed by atoms with van der Waals surface area (Å²) in [6.07, 6.45) is 0.0888. The van der Waals surface area contributed by atoms with Gasteiger partial charge >= 0.3 is 5.97 Å². The first-order chi connectivity index (χ1) is 5.79. The second-order valence-corrected chi connectivity index (χ2v) is 3.78. The average molecular weight is 202 g/mol. The van der Waals surface area contributed by atoms with Crippen molar-refractivity contribution in [3.8, 4) is 0 Å². The molecule has 0 unspecified atom stereocenters. The molecule has 0 bridgehead atoms. The number of hydrogen-bond acceptors (Lipinski definition) is 5. The third kappa shape index (κ3) is 4.10. The summed E-state index contributed by atoms with van der Waals surface area (Å²) in [4.78, 5) is 11.0. The summed E-state index contributed by atoms with van der Waals surface area (Å²) in [5.41, 5.74) is 5.12. The Balaban J connectivity index is 4.24. The molecule has 0 aliphatic heterocycles. The van der Waals surface area contributed by atoms with Crippen molar-refractivity contribution in [2.45, 2.75) is 25.8 Å². The van der Waals surface area contributed by atoms with Gasteiger partial charge in [-0.2, -0.15) is 0 Å². The summed E-state index contributed by atoms with van der Waals surface area (Å²) in [6.45, 7) is 3.38. The Bertz CT molecular complexity index is 243. The second-order valence-electron chi connectivity index (χ2n) is 3.29. The molecule has 0 fully saturated rings. The Morgan fingerprint density at radius 1 is 1.62 bits per heavy atom. The number of rotatable bonds is 4. The van der Waals surface area contributed by atoms with Gasteiger partial charge in [0.1, 0.15) is 4.86 Å². The van der Waals surface area contributed by atoms with Gasteiger partial charge in [0.2, 0.25) is 0 Å². The first kappa shape index (κ1) is 12.2. The van der Waals surface area contributed by atoms with Crippen molar-refractivity contribution in [2.75, 3.05) is 7.11 Å². The van der Waals surface area contributed by atoms with E-state index in [-0.39, 0.29) is 17.0 Å². The lowest BCUT2D eigenvalue weighted by molar-refractivity contribution is -0.132. The lowest BCUT2D eigenvalue weighted by atomic mass is 9.96. The maximum atomic E-state index is 10.9. The van der Waals surface area contributed by atoms with Crippen LogP contribution >= 0.6 is 12.2 Å². The van der Waals surface area contributed by atoms with Crippen LogP contribution in [-0.4, -0.2) is 29.2 Å². The Kier molecular flexibility index (Phi) is 4.16. The lowest BCUT2D eigenvalue weighted by Crippen LogP contribution is -2.42. The van der Waals surface area contributed by atoms with E-state index in [1.165, 1.54) is 7.11 Å². The molecule has 0 aromatic heterocycles. The largest absolute Gasteiger partial charge is 0.465 e. The fourth-order valence-corrected chi connectivity index (χ4v) is 0.802. The summed E-state index contributed by atoms with van der Waals surface area (Å²) < 4.78 is 4.41. The predicted molar refractivity (Wildman–Crippen MR) is 55.2 cm³/mol. The first-order valence-corrected chi connectivity index (χ1v) is 4.17. The van der Waals surface area contributed by atoms with Crippen LogP contribution in [0.2, 0.25) is 0 Å². The van der Waals surface area contributed by atoms with Crippen molar-refractivity contribution >= 4 is 28.8 Å². The molecule has 0 aliphatic rings. The minimum atomic E-state index is -0.738. The highest BCUT2D eigenvalue weighted by atomic mass is 32.1. The molecule has 3 N–H and O–H groups in total. The number of nitrogens with one attached hydrogen (secondary N) is 1. The number of carbonyl (C=O) groups is 1. The molecule has 4 nitrogen and oxygen atoms in total. The fourth-order valence-electron chi connectivity index (χ4n) is 0.574. The van der Waals surface area contributed by atoms with E-state index in [4.69, 9.17) is 23.4 Å². The van der Waals surface area contributed by atoms with Crippen LogP contribution < -0.4 is 5.73 Å². The van der Waals surface area contributed by atoms with Gasteiger partial charge < -0.3 is 15.9 Å². The van der Waals surface area contributed by atoms with Gasteiger partial charge in [-0.15, -0.1) is 0 Å². The predicted octanol–water partition coefficient (Wildman–Crippen LogP) is 0.676. The smallest absolute Gasteiger partial charge is 0.345 e. The van der Waals surface area contributed by atoms with Crippen molar-refractivity contribution in [1.82, 2.24) is 0 Å². The summed E-state index contributed by atoms with van der Waals surface area (Å²) >= 11 is 4.75. The van der Waals surface area contributed by atoms with E-state index >= 15 is 0 Å². The van der Waals surface area contributed by atoms with Crippen LogP contribution in [0.15, 0.2) is 0 Å². The number of carbonyl (C=O) groups excluding carboxylic acids is 1. The summed E-state index contributed by atoms with van der Waals surface area (Å²) in [7, 11) is 1.26. The zero-order valence-electron chi connectivity index (χ0n) is 8.01. The fraction of sp³-hybridized carbons (Fsp3) is 0.625. The molecule has 0 aliphatic carbocycles. The maximum Gasteiger partial charge on any atom is 0.345 e. The number of esters is 1. The van der Waals surface area contributed by atoms with E-state index in [1.54, 1.807) is 13.8 Å². The van der Waals surface area contributed by atoms with Crippen molar-refractivity contribution in [3.63, 3.8) is 0 Å². The van der Waals surface area contributed by atoms with Gasteiger partial charge in [-0.25, -0.2) is 4.79 Å². The van der Waals surface area contributed by atoms with E-state index in [2.05, 4.69) is 4.74 Å². The van der Waals surface area contributed by atoms with Gasteiger partial charge in [-0.05, 0) is 13.8 Å². The van der Waals surface area contributed by atoms with Gasteiger partial charge in [0.05, 0.1) is 7.11 Å². The molecular formula is C8H14N2O2S. The topological polar surface area (TPSA) is 76.2 Å². The maximum absolute atomic E-state index is 10.9. The van der Waals surface area contributed by atoms with Crippen LogP contribution in [-0.2, 0) is 9.53 Å². The van der Waals surface area contributed by atoms with Crippen molar-refractivity contribution in [3.05, 3.63) is 0 Å². The minimum absolute atomic E-state index is 0.0888. The molecule has 74 valence electrons. The molecule has 0 saturated carbocycles. The Morgan fingerprint density at radius 2 is 2.08 bits per heavy atom. The summed E-state index contributed by atoms with van der Waals surface area (Å²) in [5.74, 6) is -0.566. The van der Waals surface area contributed by atoms with Crippen LogP contribution in [0.25, 0.3) is 0 Å². The van der Waals surface area contributed by atoms with Crippen LogP contribution in [0.5, 0.6) is 0 Å². The number of thiocarbonyl (C=S) groups is 1. The van der Waals surface area contributed by atoms with Gasteiger partial charge in [0.15, 0.2) is 0 Å². The third-order valence-corrected chi connectivity index (χ3v) is 1.84. The summed E-state index contributed by atoms with van der Waals surface area (Å²) in [6, 6.07) is 0. The van der Waals surface area contributed by atoms with Crippen LogP contribution in [0.3, 0.4) is 0 Å². The van der Waals surface area contributed by atoms with E-state index < -0.39 is 11.5 Å². The standard InChI is InChI=1S/C8H14N2O2S/c1-8(2,10)6(9)4-5(13)7(11)12-3/h9H,4,10H2,1-3H3. The van der Waals surface area contributed by atoms with Gasteiger partial charge in [0.25, 0.3) is 0 Å². The molecule has 0 rings (SSSR count). The molecule has 0 saturated heterocycles. The van der Waals surface area contributed by atoms with Crippen LogP contribution in [0, 0.1) is 5.41 Å². The Morgan fingerprint density at radius 3 is 2.38 bits per heavy atom. The first-order valence-electron chi connectivity index (χ1n) is 3.77. The highest BCUT2D eigenvalue weighted by molar-refractivity contribution is 7.82. The zero-order valence-corrected chi connectivity index (χ0v) is 8.83. The molecule has 0 aromatic carbocycles. The minimum Gasteiger partial charge on any atom is -0.465 e. The monoisotopic (exact) mass is 202 g/mol. The number of methoxy groups -OCH3 is 1. The highest BCUT2D eigenvalue weighted by Gasteiger charge is 2.21. The SMILES string of the molecule is COC(=O)C(=S)CC(=N)C(C)(C)N. The quantitative estimate of drug-likeness (QED) is 0.399. The molecule has 0 spiro atoms. The van der Waals surface area contributed by atoms with Gasteiger partial charge in [-0.3, -0.25) is 0 Å². The molecule has 5 heteroatoms.